The summed E-state index contributed by atoms with van der Waals surface area (Å²) < 4.78 is 5.12. The summed E-state index contributed by atoms with van der Waals surface area (Å²) in [7, 11) is 0. The lowest BCUT2D eigenvalue weighted by atomic mass is 9.93. The maximum absolute atomic E-state index is 12.1. The first kappa shape index (κ1) is 13.6. The van der Waals surface area contributed by atoms with Crippen molar-refractivity contribution in [3.8, 4) is 0 Å². The van der Waals surface area contributed by atoms with E-state index in [1.54, 1.807) is 0 Å². The highest BCUT2D eigenvalue weighted by atomic mass is 16.5. The molecule has 0 unspecified atom stereocenters. The van der Waals surface area contributed by atoms with E-state index < -0.39 is 0 Å². The van der Waals surface area contributed by atoms with Gasteiger partial charge in [0.05, 0.1) is 6.61 Å². The zero-order valence-electron chi connectivity index (χ0n) is 11.1. The third-order valence-electron chi connectivity index (χ3n) is 4.17. The third-order valence-corrected chi connectivity index (χ3v) is 4.17. The Morgan fingerprint density at radius 1 is 1.11 bits per heavy atom. The number of allylic oxidation sites excluding steroid dienone is 1. The number of carbonyl (C=O) groups excluding carboxylic acids is 1. The van der Waals surface area contributed by atoms with Gasteiger partial charge in [0, 0.05) is 5.57 Å². The second-order valence-corrected chi connectivity index (χ2v) is 5.51. The smallest absolute Gasteiger partial charge is 0.334 e. The predicted molar refractivity (Wildman–Crippen MR) is 70.0 cm³/mol. The molecule has 3 nitrogen and oxygen atoms in total. The van der Waals surface area contributed by atoms with Crippen LogP contribution in [0.2, 0.25) is 0 Å². The average molecular weight is 252 g/mol. The van der Waals surface area contributed by atoms with Gasteiger partial charge in [-0.1, -0.05) is 31.8 Å². The SMILES string of the molecule is O=C(OCCO)C(=CC1CCCC1)C1CCCC1. The second-order valence-electron chi connectivity index (χ2n) is 5.51. The Balaban J connectivity index is 2.03. The van der Waals surface area contributed by atoms with E-state index in [4.69, 9.17) is 9.84 Å². The molecule has 0 bridgehead atoms. The molecule has 2 saturated carbocycles. The van der Waals surface area contributed by atoms with Gasteiger partial charge in [-0.15, -0.1) is 0 Å². The van der Waals surface area contributed by atoms with Crippen LogP contribution in [0.3, 0.4) is 0 Å². The van der Waals surface area contributed by atoms with E-state index in [1.165, 1.54) is 38.5 Å². The van der Waals surface area contributed by atoms with E-state index in [-0.39, 0.29) is 19.2 Å². The highest BCUT2D eigenvalue weighted by Crippen LogP contribution is 2.35. The van der Waals surface area contributed by atoms with Crippen LogP contribution in [0.4, 0.5) is 0 Å². The van der Waals surface area contributed by atoms with Gasteiger partial charge in [-0.3, -0.25) is 0 Å². The minimum absolute atomic E-state index is 0.0902. The normalized spacial score (nSPS) is 22.6. The highest BCUT2D eigenvalue weighted by Gasteiger charge is 2.27. The maximum Gasteiger partial charge on any atom is 0.334 e. The van der Waals surface area contributed by atoms with Crippen molar-refractivity contribution in [2.24, 2.45) is 11.8 Å². The Morgan fingerprint density at radius 2 is 1.72 bits per heavy atom. The molecule has 0 radical (unpaired) electrons. The fraction of sp³-hybridized carbons (Fsp3) is 0.800. The van der Waals surface area contributed by atoms with Gasteiger partial charge in [0.1, 0.15) is 6.61 Å². The number of aliphatic hydroxyl groups is 1. The minimum atomic E-state index is -0.192. The van der Waals surface area contributed by atoms with Crippen LogP contribution in [0.15, 0.2) is 11.6 Å². The van der Waals surface area contributed by atoms with E-state index in [2.05, 4.69) is 6.08 Å². The van der Waals surface area contributed by atoms with Gasteiger partial charge in [0.15, 0.2) is 0 Å². The molecule has 0 aromatic carbocycles. The van der Waals surface area contributed by atoms with Gasteiger partial charge in [0.2, 0.25) is 0 Å². The highest BCUT2D eigenvalue weighted by molar-refractivity contribution is 5.89. The molecule has 18 heavy (non-hydrogen) atoms. The zero-order chi connectivity index (χ0) is 12.8. The van der Waals surface area contributed by atoms with E-state index in [9.17, 15) is 4.79 Å². The van der Waals surface area contributed by atoms with Crippen molar-refractivity contribution in [2.75, 3.05) is 13.2 Å². The Bertz CT molecular complexity index is 297. The molecule has 0 saturated heterocycles. The number of aliphatic hydroxyl groups excluding tert-OH is 1. The quantitative estimate of drug-likeness (QED) is 0.604. The van der Waals surface area contributed by atoms with Crippen molar-refractivity contribution in [3.05, 3.63) is 11.6 Å². The summed E-state index contributed by atoms with van der Waals surface area (Å²) in [5, 5.41) is 8.75. The summed E-state index contributed by atoms with van der Waals surface area (Å²) in [6, 6.07) is 0. The summed E-state index contributed by atoms with van der Waals surface area (Å²) >= 11 is 0. The van der Waals surface area contributed by atoms with E-state index in [1.807, 2.05) is 0 Å². The Kier molecular flexibility index (Phi) is 5.24. The Labute approximate surface area is 109 Å². The molecule has 0 spiro atoms. The van der Waals surface area contributed by atoms with Crippen LogP contribution in [0, 0.1) is 11.8 Å². The lowest BCUT2D eigenvalue weighted by molar-refractivity contribution is -0.140. The van der Waals surface area contributed by atoms with Gasteiger partial charge >= 0.3 is 5.97 Å². The first-order valence-corrected chi connectivity index (χ1v) is 7.31. The molecule has 0 aromatic heterocycles. The van der Waals surface area contributed by atoms with Crippen molar-refractivity contribution in [1.29, 1.82) is 0 Å². The maximum atomic E-state index is 12.1. The van der Waals surface area contributed by atoms with Crippen molar-refractivity contribution in [1.82, 2.24) is 0 Å². The molecule has 0 heterocycles. The summed E-state index contributed by atoms with van der Waals surface area (Å²) in [4.78, 5) is 12.1. The Hall–Kier alpha value is -0.830. The molecular weight excluding hydrogens is 228 g/mol. The summed E-state index contributed by atoms with van der Waals surface area (Å²) in [5.74, 6) is 0.780. The molecule has 2 aliphatic rings. The molecule has 2 aliphatic carbocycles. The first-order chi connectivity index (χ1) is 8.81. The summed E-state index contributed by atoms with van der Waals surface area (Å²) in [5.41, 5.74) is 0.896. The van der Waals surface area contributed by atoms with Gasteiger partial charge in [-0.05, 0) is 37.5 Å². The van der Waals surface area contributed by atoms with E-state index >= 15 is 0 Å². The summed E-state index contributed by atoms with van der Waals surface area (Å²) in [6.45, 7) is 0.0284. The lowest BCUT2D eigenvalue weighted by Crippen LogP contribution is -2.17. The average Bonchev–Trinajstić information content (AvgIpc) is 3.05. The van der Waals surface area contributed by atoms with E-state index in [0.717, 1.165) is 18.4 Å². The lowest BCUT2D eigenvalue weighted by Gasteiger charge is -2.15. The molecule has 1 N–H and O–H groups in total. The standard InChI is InChI=1S/C15H24O3/c16-9-10-18-15(17)14(13-7-3-4-8-13)11-12-5-1-2-6-12/h11-13,16H,1-10H2. The number of hydrogen-bond donors (Lipinski definition) is 1. The molecule has 0 atom stereocenters. The molecule has 0 aliphatic heterocycles. The van der Waals surface area contributed by atoms with Gasteiger partial charge in [0.25, 0.3) is 0 Å². The largest absolute Gasteiger partial charge is 0.460 e. The third kappa shape index (κ3) is 3.58. The molecule has 3 heteroatoms. The van der Waals surface area contributed by atoms with Crippen molar-refractivity contribution in [2.45, 2.75) is 51.4 Å². The number of hydrogen-bond acceptors (Lipinski definition) is 3. The van der Waals surface area contributed by atoms with Crippen molar-refractivity contribution < 1.29 is 14.6 Å². The summed E-state index contributed by atoms with van der Waals surface area (Å²) in [6.07, 6.45) is 11.9. The van der Waals surface area contributed by atoms with Crippen molar-refractivity contribution >= 4 is 5.97 Å². The fourth-order valence-electron chi connectivity index (χ4n) is 3.21. The van der Waals surface area contributed by atoms with Crippen LogP contribution in [0.25, 0.3) is 0 Å². The predicted octanol–water partition coefficient (Wildman–Crippen LogP) is 2.83. The molecule has 2 rings (SSSR count). The monoisotopic (exact) mass is 252 g/mol. The fourth-order valence-corrected chi connectivity index (χ4v) is 3.21. The minimum Gasteiger partial charge on any atom is -0.460 e. The van der Waals surface area contributed by atoms with Crippen LogP contribution in [0.5, 0.6) is 0 Å². The van der Waals surface area contributed by atoms with Crippen LogP contribution >= 0.6 is 0 Å². The van der Waals surface area contributed by atoms with E-state index in [0.29, 0.717) is 11.8 Å². The molecule has 102 valence electrons. The molecule has 0 amide bonds. The number of rotatable bonds is 5. The van der Waals surface area contributed by atoms with Gasteiger partial charge in [-0.25, -0.2) is 4.79 Å². The van der Waals surface area contributed by atoms with Crippen LogP contribution < -0.4 is 0 Å². The number of esters is 1. The van der Waals surface area contributed by atoms with Crippen LogP contribution in [-0.2, 0) is 9.53 Å². The van der Waals surface area contributed by atoms with Crippen molar-refractivity contribution in [3.63, 3.8) is 0 Å². The molecule has 2 fully saturated rings. The number of ether oxygens (including phenoxy) is 1. The first-order valence-electron chi connectivity index (χ1n) is 7.31. The second kappa shape index (κ2) is 6.93. The topological polar surface area (TPSA) is 46.5 Å². The van der Waals surface area contributed by atoms with Gasteiger partial charge in [-0.2, -0.15) is 0 Å². The Morgan fingerprint density at radius 3 is 2.33 bits per heavy atom. The molecular formula is C15H24O3. The van der Waals surface area contributed by atoms with Crippen LogP contribution in [-0.4, -0.2) is 24.3 Å². The zero-order valence-corrected chi connectivity index (χ0v) is 11.1. The molecule has 0 aromatic rings. The van der Waals surface area contributed by atoms with Gasteiger partial charge < -0.3 is 9.84 Å². The van der Waals surface area contributed by atoms with Crippen LogP contribution in [0.1, 0.15) is 51.4 Å². The number of carbonyl (C=O) groups is 1.